The van der Waals surface area contributed by atoms with E-state index in [-0.39, 0.29) is 6.04 Å². The highest BCUT2D eigenvalue weighted by Crippen LogP contribution is 2.38. The van der Waals surface area contributed by atoms with Crippen LogP contribution in [0.15, 0.2) is 17.2 Å². The van der Waals surface area contributed by atoms with Crippen LogP contribution in [0.2, 0.25) is 0 Å². The summed E-state index contributed by atoms with van der Waals surface area (Å²) in [5.74, 6) is 0.556. The zero-order chi connectivity index (χ0) is 15.0. The van der Waals surface area contributed by atoms with Crippen LogP contribution >= 0.6 is 0 Å². The molecule has 2 fully saturated rings. The number of nitrogens with two attached hydrogens (primary N) is 1. The van der Waals surface area contributed by atoms with Gasteiger partial charge in [0.1, 0.15) is 4.90 Å². The molecule has 0 aromatic carbocycles. The molecule has 5 nitrogen and oxygen atoms in total. The highest BCUT2D eigenvalue weighted by atomic mass is 32.2. The molecule has 1 atom stereocenters. The average Bonchev–Trinajstić information content (AvgIpc) is 3.18. The second kappa shape index (κ2) is 5.74. The van der Waals surface area contributed by atoms with Gasteiger partial charge in [0.2, 0.25) is 10.0 Å². The van der Waals surface area contributed by atoms with Gasteiger partial charge in [0.25, 0.3) is 0 Å². The lowest BCUT2D eigenvalue weighted by molar-refractivity contribution is 0.288. The molecule has 1 aromatic rings. The molecule has 0 spiro atoms. The zero-order valence-corrected chi connectivity index (χ0v) is 13.5. The second-order valence-electron chi connectivity index (χ2n) is 6.35. The van der Waals surface area contributed by atoms with Gasteiger partial charge in [-0.3, -0.25) is 0 Å². The number of aryl methyl sites for hydroxylation is 1. The Morgan fingerprint density at radius 2 is 1.95 bits per heavy atom. The largest absolute Gasteiger partial charge is 0.352 e. The van der Waals surface area contributed by atoms with Gasteiger partial charge in [0.05, 0.1) is 0 Å². The van der Waals surface area contributed by atoms with Gasteiger partial charge in [-0.05, 0) is 37.7 Å². The highest BCUT2D eigenvalue weighted by Gasteiger charge is 2.40. The Hall–Kier alpha value is -0.850. The first kappa shape index (κ1) is 15.1. The van der Waals surface area contributed by atoms with Crippen LogP contribution in [0.1, 0.15) is 44.2 Å². The number of rotatable bonds is 4. The molecule has 0 amide bonds. The minimum atomic E-state index is -3.38. The van der Waals surface area contributed by atoms with Crippen molar-refractivity contribution in [1.82, 2.24) is 8.87 Å². The number of nitrogens with zero attached hydrogens (tertiary/aromatic N) is 2. The van der Waals surface area contributed by atoms with Gasteiger partial charge in [-0.1, -0.05) is 12.8 Å². The summed E-state index contributed by atoms with van der Waals surface area (Å²) in [5.41, 5.74) is 6.51. The van der Waals surface area contributed by atoms with Gasteiger partial charge in [-0.25, -0.2) is 8.42 Å². The highest BCUT2D eigenvalue weighted by molar-refractivity contribution is 7.89. The van der Waals surface area contributed by atoms with Gasteiger partial charge < -0.3 is 10.3 Å². The number of aromatic nitrogens is 1. The van der Waals surface area contributed by atoms with E-state index in [4.69, 9.17) is 5.73 Å². The summed E-state index contributed by atoms with van der Waals surface area (Å²) in [4.78, 5) is 0.398. The first-order chi connectivity index (χ1) is 10.0. The molecule has 0 bridgehead atoms. The van der Waals surface area contributed by atoms with Crippen molar-refractivity contribution in [3.8, 4) is 0 Å². The van der Waals surface area contributed by atoms with E-state index < -0.39 is 10.0 Å². The third-order valence-electron chi connectivity index (χ3n) is 5.09. The van der Waals surface area contributed by atoms with Crippen LogP contribution in [0, 0.1) is 5.92 Å². The Balaban J connectivity index is 1.89. The summed E-state index contributed by atoms with van der Waals surface area (Å²) in [7, 11) is -1.53. The lowest BCUT2D eigenvalue weighted by Crippen LogP contribution is -2.39. The molecule has 1 aromatic heterocycles. The van der Waals surface area contributed by atoms with Gasteiger partial charge in [-0.15, -0.1) is 0 Å². The molecular weight excluding hydrogens is 286 g/mol. The third-order valence-corrected chi connectivity index (χ3v) is 6.98. The molecule has 1 unspecified atom stereocenters. The summed E-state index contributed by atoms with van der Waals surface area (Å²) in [5, 5.41) is 0. The second-order valence-corrected chi connectivity index (χ2v) is 8.24. The SMILES string of the molecule is Cn1cc(S(=O)(=O)N2CCCC2C2CCCC2)cc1CN. The first-order valence-corrected chi connectivity index (χ1v) is 9.35. The van der Waals surface area contributed by atoms with E-state index in [0.29, 0.717) is 23.9 Å². The topological polar surface area (TPSA) is 68.3 Å². The van der Waals surface area contributed by atoms with Crippen molar-refractivity contribution >= 4 is 10.0 Å². The summed E-state index contributed by atoms with van der Waals surface area (Å²) >= 11 is 0. The summed E-state index contributed by atoms with van der Waals surface area (Å²) in [6.45, 7) is 1.02. The zero-order valence-electron chi connectivity index (χ0n) is 12.7. The van der Waals surface area contributed by atoms with Crippen LogP contribution in [0.3, 0.4) is 0 Å². The maximum absolute atomic E-state index is 13.0. The van der Waals surface area contributed by atoms with E-state index in [1.807, 2.05) is 11.6 Å². The maximum Gasteiger partial charge on any atom is 0.244 e. The predicted octanol–water partition coefficient (Wildman–Crippen LogP) is 1.83. The van der Waals surface area contributed by atoms with Crippen molar-refractivity contribution in [2.45, 2.75) is 56.0 Å². The molecule has 1 aliphatic carbocycles. The van der Waals surface area contributed by atoms with Crippen molar-refractivity contribution in [2.75, 3.05) is 6.54 Å². The molecule has 118 valence electrons. The van der Waals surface area contributed by atoms with E-state index in [1.165, 1.54) is 25.7 Å². The Morgan fingerprint density at radius 1 is 1.24 bits per heavy atom. The molecule has 0 radical (unpaired) electrons. The van der Waals surface area contributed by atoms with E-state index in [9.17, 15) is 8.42 Å². The van der Waals surface area contributed by atoms with Crippen LogP contribution in [0.25, 0.3) is 0 Å². The van der Waals surface area contributed by atoms with Crippen LogP contribution in [0.4, 0.5) is 0 Å². The average molecular weight is 311 g/mol. The molecule has 2 heterocycles. The molecule has 2 aliphatic rings. The lowest BCUT2D eigenvalue weighted by atomic mass is 9.97. The maximum atomic E-state index is 13.0. The van der Waals surface area contributed by atoms with Crippen LogP contribution in [0.5, 0.6) is 0 Å². The van der Waals surface area contributed by atoms with Crippen LogP contribution in [-0.2, 0) is 23.6 Å². The van der Waals surface area contributed by atoms with Crippen molar-refractivity contribution in [2.24, 2.45) is 18.7 Å². The summed E-state index contributed by atoms with van der Waals surface area (Å²) in [6, 6.07) is 1.93. The lowest BCUT2D eigenvalue weighted by Gasteiger charge is -2.28. The minimum Gasteiger partial charge on any atom is -0.352 e. The number of sulfonamides is 1. The number of hydrogen-bond acceptors (Lipinski definition) is 3. The summed E-state index contributed by atoms with van der Waals surface area (Å²) < 4.78 is 29.5. The molecule has 2 N–H and O–H groups in total. The fourth-order valence-electron chi connectivity index (χ4n) is 3.93. The van der Waals surface area contributed by atoms with Crippen molar-refractivity contribution < 1.29 is 8.42 Å². The minimum absolute atomic E-state index is 0.207. The number of hydrogen-bond donors (Lipinski definition) is 1. The Kier molecular flexibility index (Phi) is 4.12. The molecule has 3 rings (SSSR count). The van der Waals surface area contributed by atoms with Gasteiger partial charge in [-0.2, -0.15) is 4.31 Å². The van der Waals surface area contributed by atoms with E-state index in [0.717, 1.165) is 18.5 Å². The Bertz CT molecular complexity index is 602. The predicted molar refractivity (Wildman–Crippen MR) is 82.2 cm³/mol. The van der Waals surface area contributed by atoms with Crippen molar-refractivity contribution in [3.63, 3.8) is 0 Å². The fourth-order valence-corrected chi connectivity index (χ4v) is 5.78. The molecule has 6 heteroatoms. The third kappa shape index (κ3) is 2.64. The molecule has 21 heavy (non-hydrogen) atoms. The molecule has 1 saturated heterocycles. The monoisotopic (exact) mass is 311 g/mol. The van der Waals surface area contributed by atoms with Crippen molar-refractivity contribution in [1.29, 1.82) is 0 Å². The standard InChI is InChI=1S/C15H25N3O2S/c1-17-11-14(9-13(17)10-16)21(19,20)18-8-4-7-15(18)12-5-2-3-6-12/h9,11-12,15H,2-8,10,16H2,1H3. The molecule has 1 saturated carbocycles. The van der Waals surface area contributed by atoms with E-state index >= 15 is 0 Å². The first-order valence-electron chi connectivity index (χ1n) is 7.91. The Morgan fingerprint density at radius 3 is 2.57 bits per heavy atom. The molecular formula is C15H25N3O2S. The van der Waals surface area contributed by atoms with E-state index in [2.05, 4.69) is 0 Å². The normalized spacial score (nSPS) is 25.0. The fraction of sp³-hybridized carbons (Fsp3) is 0.733. The van der Waals surface area contributed by atoms with Crippen LogP contribution < -0.4 is 5.73 Å². The Labute approximate surface area is 127 Å². The van der Waals surface area contributed by atoms with Gasteiger partial charge >= 0.3 is 0 Å². The molecule has 1 aliphatic heterocycles. The van der Waals surface area contributed by atoms with Crippen LogP contribution in [-0.4, -0.2) is 29.9 Å². The van der Waals surface area contributed by atoms with Gasteiger partial charge in [0.15, 0.2) is 0 Å². The smallest absolute Gasteiger partial charge is 0.244 e. The quantitative estimate of drug-likeness (QED) is 0.922. The van der Waals surface area contributed by atoms with Crippen molar-refractivity contribution in [3.05, 3.63) is 18.0 Å². The van der Waals surface area contributed by atoms with Gasteiger partial charge in [0, 0.05) is 38.1 Å². The van der Waals surface area contributed by atoms with E-state index in [1.54, 1.807) is 16.6 Å². The summed E-state index contributed by atoms with van der Waals surface area (Å²) in [6.07, 6.45) is 8.55.